The van der Waals surface area contributed by atoms with Crippen LogP contribution in [0.5, 0.6) is 0 Å². The van der Waals surface area contributed by atoms with Gasteiger partial charge in [0.2, 0.25) is 0 Å². The van der Waals surface area contributed by atoms with E-state index >= 15 is 0 Å². The Hall–Kier alpha value is -1.66. The fourth-order valence-corrected chi connectivity index (χ4v) is 5.65. The molecule has 2 N–H and O–H groups in total. The molecule has 28 heavy (non-hydrogen) atoms. The zero-order valence-corrected chi connectivity index (χ0v) is 17.1. The van der Waals surface area contributed by atoms with Crippen LogP contribution in [0.4, 0.5) is 0 Å². The Labute approximate surface area is 166 Å². The Balaban J connectivity index is 1.93. The molecule has 6 heteroatoms. The number of hydrogen-bond acceptors (Lipinski definition) is 6. The number of carbonyl (C=O) groups is 2. The molecule has 0 aromatic heterocycles. The molecule has 0 bridgehead atoms. The second kappa shape index (κ2) is 7.99. The van der Waals surface area contributed by atoms with E-state index in [9.17, 15) is 19.8 Å². The largest absolute Gasteiger partial charge is 0.465 e. The molecule has 2 aliphatic carbocycles. The lowest BCUT2D eigenvalue weighted by Gasteiger charge is -2.59. The van der Waals surface area contributed by atoms with Gasteiger partial charge in [0.25, 0.3) is 0 Å². The summed E-state index contributed by atoms with van der Waals surface area (Å²) in [7, 11) is 0. The van der Waals surface area contributed by atoms with Crippen molar-refractivity contribution >= 4 is 11.9 Å². The van der Waals surface area contributed by atoms with Gasteiger partial charge in [-0.25, -0.2) is 4.79 Å². The summed E-state index contributed by atoms with van der Waals surface area (Å²) in [5.41, 5.74) is 1.22. The number of fused-ring (bicyclic) bond motifs is 1. The average Bonchev–Trinajstić information content (AvgIpc) is 3.07. The first kappa shape index (κ1) is 21.1. The second-order valence-corrected chi connectivity index (χ2v) is 9.00. The predicted octanol–water partition coefficient (Wildman–Crippen LogP) is 2.54. The Morgan fingerprint density at radius 3 is 2.79 bits per heavy atom. The minimum absolute atomic E-state index is 0.0730. The van der Waals surface area contributed by atoms with Gasteiger partial charge in [-0.2, -0.15) is 0 Å². The molecule has 0 aromatic rings. The lowest BCUT2D eigenvalue weighted by atomic mass is 9.46. The van der Waals surface area contributed by atoms with E-state index in [1.807, 2.05) is 0 Å². The molecule has 156 valence electrons. The van der Waals surface area contributed by atoms with Crippen LogP contribution in [0.3, 0.4) is 0 Å². The van der Waals surface area contributed by atoms with E-state index in [-0.39, 0.29) is 36.5 Å². The van der Waals surface area contributed by atoms with Gasteiger partial charge in [-0.15, -0.1) is 0 Å². The van der Waals surface area contributed by atoms with E-state index in [0.717, 1.165) is 36.8 Å². The highest BCUT2D eigenvalue weighted by Crippen LogP contribution is 2.62. The van der Waals surface area contributed by atoms with Gasteiger partial charge in [-0.1, -0.05) is 19.9 Å². The van der Waals surface area contributed by atoms with Crippen molar-refractivity contribution in [2.24, 2.45) is 22.7 Å². The van der Waals surface area contributed by atoms with Crippen molar-refractivity contribution < 1.29 is 29.3 Å². The normalized spacial score (nSPS) is 37.6. The Kier molecular flexibility index (Phi) is 6.01. The highest BCUT2D eigenvalue weighted by molar-refractivity contribution is 5.85. The summed E-state index contributed by atoms with van der Waals surface area (Å²) in [5.74, 6) is -0.126. The molecule has 2 unspecified atom stereocenters. The van der Waals surface area contributed by atoms with Crippen molar-refractivity contribution in [2.45, 2.75) is 59.0 Å². The number of esters is 2. The molecule has 0 amide bonds. The standard InChI is InChI=1S/C22H32O6/c1-14-4-7-22(13-28-15(2)24)17(11-23)9-18(25)10-19(22)21(14,3)6-5-16-8-20(26)27-12-16/h8-9,14,18-19,23,25H,4-7,10-13H2,1-3H3/t14?,18?,19-,21+,22-/m1/s1. The van der Waals surface area contributed by atoms with Gasteiger partial charge in [0.05, 0.1) is 12.7 Å². The molecule has 1 aliphatic heterocycles. The molecule has 0 spiro atoms. The topological polar surface area (TPSA) is 93.1 Å². The van der Waals surface area contributed by atoms with E-state index in [4.69, 9.17) is 9.47 Å². The van der Waals surface area contributed by atoms with Crippen LogP contribution in [-0.2, 0) is 19.1 Å². The quantitative estimate of drug-likeness (QED) is 0.533. The van der Waals surface area contributed by atoms with E-state index in [0.29, 0.717) is 18.9 Å². The minimum Gasteiger partial charge on any atom is -0.465 e. The molecular weight excluding hydrogens is 360 g/mol. The summed E-state index contributed by atoms with van der Waals surface area (Å²) < 4.78 is 10.5. The summed E-state index contributed by atoms with van der Waals surface area (Å²) in [6.07, 6.45) is 6.70. The van der Waals surface area contributed by atoms with Crippen LogP contribution in [0.15, 0.2) is 23.3 Å². The first-order valence-electron chi connectivity index (χ1n) is 10.2. The molecule has 0 aromatic carbocycles. The molecule has 1 saturated carbocycles. The molecule has 0 saturated heterocycles. The van der Waals surface area contributed by atoms with Gasteiger partial charge in [0.15, 0.2) is 0 Å². The van der Waals surface area contributed by atoms with Crippen molar-refractivity contribution in [1.82, 2.24) is 0 Å². The number of hydrogen-bond donors (Lipinski definition) is 2. The summed E-state index contributed by atoms with van der Waals surface area (Å²) in [6, 6.07) is 0. The third-order valence-corrected chi connectivity index (χ3v) is 7.53. The van der Waals surface area contributed by atoms with Crippen molar-refractivity contribution in [3.05, 3.63) is 23.3 Å². The lowest BCUT2D eigenvalue weighted by Crippen LogP contribution is -2.55. The molecular formula is C22H32O6. The van der Waals surface area contributed by atoms with Gasteiger partial charge < -0.3 is 19.7 Å². The Bertz CT molecular complexity index is 695. The number of rotatable bonds is 6. The van der Waals surface area contributed by atoms with Gasteiger partial charge in [0.1, 0.15) is 13.2 Å². The SMILES string of the molecule is CC(=O)OC[C@@]12CCC(C)[C@](C)(CCC3=CC(=O)OC3)[C@H]1CC(O)C=C2CO. The molecule has 3 aliphatic rings. The van der Waals surface area contributed by atoms with Gasteiger partial charge in [-0.3, -0.25) is 4.79 Å². The zero-order chi connectivity index (χ0) is 20.5. The predicted molar refractivity (Wildman–Crippen MR) is 103 cm³/mol. The lowest BCUT2D eigenvalue weighted by molar-refractivity contribution is -0.153. The van der Waals surface area contributed by atoms with Crippen LogP contribution in [0, 0.1) is 22.7 Å². The first-order chi connectivity index (χ1) is 13.2. The number of aliphatic hydroxyl groups excluding tert-OH is 2. The van der Waals surface area contributed by atoms with E-state index < -0.39 is 11.5 Å². The highest BCUT2D eigenvalue weighted by Gasteiger charge is 2.57. The highest BCUT2D eigenvalue weighted by atomic mass is 16.5. The summed E-state index contributed by atoms with van der Waals surface area (Å²) in [6.45, 7) is 6.33. The van der Waals surface area contributed by atoms with E-state index in [1.165, 1.54) is 6.92 Å². The van der Waals surface area contributed by atoms with Crippen LogP contribution in [-0.4, -0.2) is 48.1 Å². The van der Waals surface area contributed by atoms with Crippen molar-refractivity contribution in [3.63, 3.8) is 0 Å². The third-order valence-electron chi connectivity index (χ3n) is 7.53. The molecule has 5 atom stereocenters. The van der Waals surface area contributed by atoms with Crippen LogP contribution in [0.25, 0.3) is 0 Å². The average molecular weight is 392 g/mol. The number of cyclic esters (lactones) is 1. The maximum Gasteiger partial charge on any atom is 0.331 e. The second-order valence-electron chi connectivity index (χ2n) is 9.00. The van der Waals surface area contributed by atoms with Gasteiger partial charge in [-0.05, 0) is 60.5 Å². The number of ether oxygens (including phenoxy) is 2. The minimum atomic E-state index is -0.613. The van der Waals surface area contributed by atoms with E-state index in [2.05, 4.69) is 13.8 Å². The number of carbonyl (C=O) groups excluding carboxylic acids is 2. The zero-order valence-electron chi connectivity index (χ0n) is 17.1. The molecule has 0 radical (unpaired) electrons. The van der Waals surface area contributed by atoms with Crippen LogP contribution in [0.2, 0.25) is 0 Å². The van der Waals surface area contributed by atoms with E-state index in [1.54, 1.807) is 12.2 Å². The van der Waals surface area contributed by atoms with Crippen LogP contribution in [0.1, 0.15) is 52.9 Å². The molecule has 6 nitrogen and oxygen atoms in total. The fraction of sp³-hybridized carbons (Fsp3) is 0.727. The van der Waals surface area contributed by atoms with Crippen LogP contribution < -0.4 is 0 Å². The fourth-order valence-electron chi connectivity index (χ4n) is 5.65. The van der Waals surface area contributed by atoms with Gasteiger partial charge in [0, 0.05) is 18.4 Å². The third kappa shape index (κ3) is 3.77. The maximum atomic E-state index is 11.6. The van der Waals surface area contributed by atoms with Crippen LogP contribution >= 0.6 is 0 Å². The monoisotopic (exact) mass is 392 g/mol. The Morgan fingerprint density at radius 2 is 2.18 bits per heavy atom. The summed E-state index contributed by atoms with van der Waals surface area (Å²) in [4.78, 5) is 23.0. The first-order valence-corrected chi connectivity index (χ1v) is 10.2. The molecule has 1 fully saturated rings. The smallest absolute Gasteiger partial charge is 0.331 e. The Morgan fingerprint density at radius 1 is 1.43 bits per heavy atom. The van der Waals surface area contributed by atoms with Crippen molar-refractivity contribution in [2.75, 3.05) is 19.8 Å². The van der Waals surface area contributed by atoms with Crippen molar-refractivity contribution in [3.8, 4) is 0 Å². The number of aliphatic hydroxyl groups is 2. The molecule has 1 heterocycles. The van der Waals surface area contributed by atoms with Crippen molar-refractivity contribution in [1.29, 1.82) is 0 Å². The van der Waals surface area contributed by atoms with Gasteiger partial charge >= 0.3 is 11.9 Å². The maximum absolute atomic E-state index is 11.6. The molecule has 3 rings (SSSR count). The summed E-state index contributed by atoms with van der Waals surface area (Å²) >= 11 is 0. The summed E-state index contributed by atoms with van der Waals surface area (Å²) in [5, 5.41) is 20.6.